The number of pyridine rings is 1. The Labute approximate surface area is 89.4 Å². The molecule has 0 aliphatic heterocycles. The highest BCUT2D eigenvalue weighted by Gasteiger charge is 2.37. The lowest BCUT2D eigenvalue weighted by Crippen LogP contribution is -2.12. The maximum Gasteiger partial charge on any atom is 0.420 e. The third-order valence-corrected chi connectivity index (χ3v) is 2.11. The Bertz CT molecular complexity index is 353. The highest BCUT2D eigenvalue weighted by molar-refractivity contribution is 9.10. The van der Waals surface area contributed by atoms with Gasteiger partial charge < -0.3 is 5.73 Å². The summed E-state index contributed by atoms with van der Waals surface area (Å²) in [7, 11) is 0. The molecule has 0 bridgehead atoms. The molecule has 15 heavy (non-hydrogen) atoms. The van der Waals surface area contributed by atoms with Gasteiger partial charge in [-0.15, -0.1) is 0 Å². The zero-order valence-corrected chi connectivity index (χ0v) is 8.53. The molecule has 2 nitrogen and oxygen atoms in total. The van der Waals surface area contributed by atoms with Crippen LogP contribution in [0, 0.1) is 0 Å². The number of nitrogens with zero attached hydrogens (tertiary/aromatic N) is 1. The Balaban J connectivity index is 3.34. The first-order valence-corrected chi connectivity index (χ1v) is 4.34. The Kier molecular flexibility index (Phi) is 3.17. The molecule has 1 aromatic rings. The average molecular weight is 291 g/mol. The van der Waals surface area contributed by atoms with Gasteiger partial charge in [-0.3, -0.25) is 0 Å². The molecule has 0 amide bonds. The minimum Gasteiger partial charge on any atom is -0.398 e. The Morgan fingerprint density at radius 2 is 1.87 bits per heavy atom. The standard InChI is InChI=1S/C7H4BrF5N2/c8-5-4(7(11,12)13)2(14)1-3(15-5)6(9)10/h1,6H,(H2,14,15). The van der Waals surface area contributed by atoms with Crippen LogP contribution in [-0.4, -0.2) is 4.98 Å². The van der Waals surface area contributed by atoms with Crippen LogP contribution in [0.4, 0.5) is 27.6 Å². The summed E-state index contributed by atoms with van der Waals surface area (Å²) < 4.78 is 60.5. The van der Waals surface area contributed by atoms with Gasteiger partial charge in [-0.1, -0.05) is 0 Å². The van der Waals surface area contributed by atoms with Gasteiger partial charge in [0, 0.05) is 5.69 Å². The molecule has 1 rings (SSSR count). The predicted octanol–water partition coefficient (Wildman–Crippen LogP) is 3.38. The molecule has 2 N–H and O–H groups in total. The van der Waals surface area contributed by atoms with Gasteiger partial charge in [0.05, 0.1) is 0 Å². The van der Waals surface area contributed by atoms with Crippen LogP contribution in [0.3, 0.4) is 0 Å². The van der Waals surface area contributed by atoms with Crippen molar-refractivity contribution in [3.05, 3.63) is 21.9 Å². The van der Waals surface area contributed by atoms with Crippen molar-refractivity contribution in [1.82, 2.24) is 4.98 Å². The summed E-state index contributed by atoms with van der Waals surface area (Å²) in [6.07, 6.45) is -7.69. The average Bonchev–Trinajstić information content (AvgIpc) is 1.99. The van der Waals surface area contributed by atoms with Gasteiger partial charge >= 0.3 is 6.18 Å². The fraction of sp³-hybridized carbons (Fsp3) is 0.286. The first-order chi connectivity index (χ1) is 6.73. The molecule has 0 aromatic carbocycles. The van der Waals surface area contributed by atoms with E-state index in [0.29, 0.717) is 6.07 Å². The number of anilines is 1. The molecule has 0 saturated heterocycles. The molecule has 0 aliphatic rings. The SMILES string of the molecule is Nc1cc(C(F)F)nc(Br)c1C(F)(F)F. The molecule has 8 heteroatoms. The number of hydrogen-bond donors (Lipinski definition) is 1. The zero-order valence-electron chi connectivity index (χ0n) is 6.95. The van der Waals surface area contributed by atoms with E-state index < -0.39 is 34.1 Å². The molecule has 0 saturated carbocycles. The van der Waals surface area contributed by atoms with Crippen molar-refractivity contribution in [2.24, 2.45) is 0 Å². The summed E-state index contributed by atoms with van der Waals surface area (Å²) in [5.74, 6) is 0. The fourth-order valence-corrected chi connectivity index (χ4v) is 1.60. The topological polar surface area (TPSA) is 38.9 Å². The molecule has 0 radical (unpaired) electrons. The van der Waals surface area contributed by atoms with Crippen LogP contribution in [0.25, 0.3) is 0 Å². The molecule has 0 fully saturated rings. The summed E-state index contributed by atoms with van der Waals surface area (Å²) in [5.41, 5.74) is 2.20. The molecule has 1 heterocycles. The summed E-state index contributed by atoms with van der Waals surface area (Å²) in [6.45, 7) is 0. The molecule has 0 atom stereocenters. The van der Waals surface area contributed by atoms with Crippen molar-refractivity contribution < 1.29 is 22.0 Å². The second-order valence-electron chi connectivity index (χ2n) is 2.60. The highest BCUT2D eigenvalue weighted by Crippen LogP contribution is 2.39. The van der Waals surface area contributed by atoms with E-state index in [-0.39, 0.29) is 0 Å². The van der Waals surface area contributed by atoms with Gasteiger partial charge in [-0.05, 0) is 22.0 Å². The smallest absolute Gasteiger partial charge is 0.398 e. The van der Waals surface area contributed by atoms with Gasteiger partial charge in [-0.2, -0.15) is 13.2 Å². The summed E-state index contributed by atoms with van der Waals surface area (Å²) in [6, 6.07) is 0.512. The maximum atomic E-state index is 12.3. The molecule has 1 aromatic heterocycles. The van der Waals surface area contributed by atoms with E-state index in [1.165, 1.54) is 0 Å². The van der Waals surface area contributed by atoms with E-state index in [1.54, 1.807) is 0 Å². The minimum absolute atomic E-state index is 0.512. The van der Waals surface area contributed by atoms with E-state index in [1.807, 2.05) is 0 Å². The van der Waals surface area contributed by atoms with Gasteiger partial charge in [0.1, 0.15) is 15.9 Å². The number of alkyl halides is 5. The summed E-state index contributed by atoms with van der Waals surface area (Å²) in [4.78, 5) is 3.07. The van der Waals surface area contributed by atoms with Crippen LogP contribution >= 0.6 is 15.9 Å². The van der Waals surface area contributed by atoms with Crippen LogP contribution in [0.2, 0.25) is 0 Å². The monoisotopic (exact) mass is 290 g/mol. The largest absolute Gasteiger partial charge is 0.420 e. The van der Waals surface area contributed by atoms with Crippen LogP contribution in [0.15, 0.2) is 10.7 Å². The van der Waals surface area contributed by atoms with Crippen molar-refractivity contribution in [3.8, 4) is 0 Å². The molecule has 0 aliphatic carbocycles. The first-order valence-electron chi connectivity index (χ1n) is 3.54. The maximum absolute atomic E-state index is 12.3. The van der Waals surface area contributed by atoms with E-state index in [4.69, 9.17) is 5.73 Å². The van der Waals surface area contributed by atoms with Crippen LogP contribution in [0.5, 0.6) is 0 Å². The lowest BCUT2D eigenvalue weighted by Gasteiger charge is -2.12. The van der Waals surface area contributed by atoms with E-state index in [2.05, 4.69) is 20.9 Å². The van der Waals surface area contributed by atoms with Gasteiger partial charge in [0.2, 0.25) is 0 Å². The van der Waals surface area contributed by atoms with Crippen molar-refractivity contribution in [2.45, 2.75) is 12.6 Å². The lowest BCUT2D eigenvalue weighted by atomic mass is 10.2. The van der Waals surface area contributed by atoms with Gasteiger partial charge in [0.15, 0.2) is 0 Å². The van der Waals surface area contributed by atoms with Crippen LogP contribution in [0.1, 0.15) is 17.7 Å². The van der Waals surface area contributed by atoms with Crippen LogP contribution in [-0.2, 0) is 6.18 Å². The molecule has 0 spiro atoms. The number of aromatic nitrogens is 1. The third-order valence-electron chi connectivity index (χ3n) is 1.53. The van der Waals surface area contributed by atoms with Gasteiger partial charge in [0.25, 0.3) is 6.43 Å². The number of nitrogens with two attached hydrogens (primary N) is 1. The van der Waals surface area contributed by atoms with E-state index in [9.17, 15) is 22.0 Å². The molecular formula is C7H4BrF5N2. The second-order valence-corrected chi connectivity index (χ2v) is 3.35. The predicted molar refractivity (Wildman–Crippen MR) is 46.3 cm³/mol. The first kappa shape index (κ1) is 12.2. The Morgan fingerprint density at radius 1 is 1.33 bits per heavy atom. The Hall–Kier alpha value is -0.920. The lowest BCUT2D eigenvalue weighted by molar-refractivity contribution is -0.137. The normalized spacial score (nSPS) is 12.2. The number of hydrogen-bond acceptors (Lipinski definition) is 2. The van der Waals surface area contributed by atoms with E-state index >= 15 is 0 Å². The highest BCUT2D eigenvalue weighted by atomic mass is 79.9. The minimum atomic E-state index is -4.73. The van der Waals surface area contributed by atoms with Crippen molar-refractivity contribution in [1.29, 1.82) is 0 Å². The molecular weight excluding hydrogens is 287 g/mol. The van der Waals surface area contributed by atoms with E-state index in [0.717, 1.165) is 0 Å². The summed E-state index contributed by atoms with van der Waals surface area (Å²) in [5, 5.41) is 0. The quantitative estimate of drug-likeness (QED) is 0.636. The molecule has 84 valence electrons. The van der Waals surface area contributed by atoms with Crippen molar-refractivity contribution in [3.63, 3.8) is 0 Å². The fourth-order valence-electron chi connectivity index (χ4n) is 0.945. The second kappa shape index (κ2) is 3.92. The Morgan fingerprint density at radius 3 is 2.20 bits per heavy atom. The number of halogens is 6. The summed E-state index contributed by atoms with van der Waals surface area (Å²) >= 11 is 2.46. The number of nitrogen functional groups attached to an aromatic ring is 1. The van der Waals surface area contributed by atoms with Crippen molar-refractivity contribution >= 4 is 21.6 Å². The third kappa shape index (κ3) is 2.55. The number of rotatable bonds is 1. The van der Waals surface area contributed by atoms with Gasteiger partial charge in [-0.25, -0.2) is 13.8 Å². The van der Waals surface area contributed by atoms with Crippen molar-refractivity contribution in [2.75, 3.05) is 5.73 Å². The molecule has 0 unspecified atom stereocenters. The van der Waals surface area contributed by atoms with Crippen LogP contribution < -0.4 is 5.73 Å². The zero-order chi connectivity index (χ0) is 11.8.